The normalized spacial score (nSPS) is 11.8. The summed E-state index contributed by atoms with van der Waals surface area (Å²) in [5.74, 6) is -0.221. The number of hydrogen-bond acceptors (Lipinski definition) is 3. The Kier molecular flexibility index (Phi) is 4.85. The smallest absolute Gasteiger partial charge is 0.255 e. The summed E-state index contributed by atoms with van der Waals surface area (Å²) in [6, 6.07) is 12.4. The number of halogens is 1. The van der Waals surface area contributed by atoms with E-state index in [0.29, 0.717) is 0 Å². The van der Waals surface area contributed by atoms with Crippen LogP contribution in [0.25, 0.3) is 0 Å². The molecule has 0 bridgehead atoms. The van der Waals surface area contributed by atoms with E-state index in [9.17, 15) is 9.90 Å². The third-order valence-electron chi connectivity index (χ3n) is 3.18. The zero-order valence-electron chi connectivity index (χ0n) is 11.8. The molecule has 0 saturated heterocycles. The Hall–Kier alpha value is -2.01. The summed E-state index contributed by atoms with van der Waals surface area (Å²) in [6.45, 7) is 1.89. The number of phenols is 1. The molecule has 0 heterocycles. The molecule has 2 N–H and O–H groups in total. The Morgan fingerprint density at radius 2 is 1.90 bits per heavy atom. The largest absolute Gasteiger partial charge is 0.504 e. The van der Waals surface area contributed by atoms with E-state index in [-0.39, 0.29) is 29.0 Å². The fourth-order valence-corrected chi connectivity index (χ4v) is 2.24. The molecule has 2 aromatic rings. The number of nitrogens with one attached hydrogen (secondary N) is 1. The van der Waals surface area contributed by atoms with Gasteiger partial charge in [0.15, 0.2) is 11.5 Å². The Bertz CT molecular complexity index is 640. The lowest BCUT2D eigenvalue weighted by atomic mass is 10.1. The molecular formula is C16H16BrNO3. The van der Waals surface area contributed by atoms with Crippen molar-refractivity contribution < 1.29 is 14.6 Å². The number of phenolic OH excluding ortho intramolecular Hbond substituents is 1. The van der Waals surface area contributed by atoms with Crippen molar-refractivity contribution in [3.8, 4) is 11.5 Å². The van der Waals surface area contributed by atoms with Gasteiger partial charge in [0, 0.05) is 4.47 Å². The highest BCUT2D eigenvalue weighted by atomic mass is 79.9. The van der Waals surface area contributed by atoms with Crippen molar-refractivity contribution in [2.24, 2.45) is 0 Å². The molecule has 0 aliphatic rings. The van der Waals surface area contributed by atoms with Gasteiger partial charge in [-0.3, -0.25) is 4.79 Å². The molecular weight excluding hydrogens is 334 g/mol. The molecule has 2 rings (SSSR count). The Morgan fingerprint density at radius 1 is 1.24 bits per heavy atom. The molecule has 1 amide bonds. The first kappa shape index (κ1) is 15.4. The molecule has 0 unspecified atom stereocenters. The van der Waals surface area contributed by atoms with Crippen molar-refractivity contribution in [2.75, 3.05) is 7.11 Å². The standard InChI is InChI=1S/C16H16BrNO3/c1-10(11-6-8-12(17)9-7-11)18-16(20)13-4-3-5-14(21-2)15(13)19/h3-10,19H,1-2H3,(H,18,20)/t10-/m1/s1. The third-order valence-corrected chi connectivity index (χ3v) is 3.71. The van der Waals surface area contributed by atoms with Gasteiger partial charge in [0.1, 0.15) is 0 Å². The second-order valence-corrected chi connectivity index (χ2v) is 5.52. The van der Waals surface area contributed by atoms with Gasteiger partial charge in [0.25, 0.3) is 5.91 Å². The van der Waals surface area contributed by atoms with Crippen LogP contribution in [-0.4, -0.2) is 18.1 Å². The van der Waals surface area contributed by atoms with Crippen LogP contribution < -0.4 is 10.1 Å². The van der Waals surface area contributed by atoms with Gasteiger partial charge in [0.05, 0.1) is 18.7 Å². The third kappa shape index (κ3) is 3.55. The van der Waals surface area contributed by atoms with Crippen molar-refractivity contribution in [2.45, 2.75) is 13.0 Å². The van der Waals surface area contributed by atoms with Crippen molar-refractivity contribution in [3.63, 3.8) is 0 Å². The molecule has 0 saturated carbocycles. The molecule has 0 aliphatic carbocycles. The van der Waals surface area contributed by atoms with Crippen molar-refractivity contribution in [1.82, 2.24) is 5.32 Å². The summed E-state index contributed by atoms with van der Waals surface area (Å²) in [5.41, 5.74) is 1.17. The van der Waals surface area contributed by atoms with Gasteiger partial charge >= 0.3 is 0 Å². The molecule has 21 heavy (non-hydrogen) atoms. The minimum absolute atomic E-state index is 0.152. The lowest BCUT2D eigenvalue weighted by molar-refractivity contribution is 0.0936. The second kappa shape index (κ2) is 6.63. The van der Waals surface area contributed by atoms with Crippen LogP contribution in [0.5, 0.6) is 11.5 Å². The van der Waals surface area contributed by atoms with Crippen molar-refractivity contribution in [1.29, 1.82) is 0 Å². The molecule has 4 nitrogen and oxygen atoms in total. The lowest BCUT2D eigenvalue weighted by Crippen LogP contribution is -2.26. The van der Waals surface area contributed by atoms with E-state index in [0.717, 1.165) is 10.0 Å². The maximum absolute atomic E-state index is 12.2. The summed E-state index contributed by atoms with van der Waals surface area (Å²) in [4.78, 5) is 12.2. The van der Waals surface area contributed by atoms with Gasteiger partial charge in [0.2, 0.25) is 0 Å². The fraction of sp³-hybridized carbons (Fsp3) is 0.188. The molecule has 110 valence electrons. The number of carbonyl (C=O) groups is 1. The van der Waals surface area contributed by atoms with Gasteiger partial charge in [-0.25, -0.2) is 0 Å². The fourth-order valence-electron chi connectivity index (χ4n) is 1.98. The molecule has 0 aliphatic heterocycles. The van der Waals surface area contributed by atoms with E-state index < -0.39 is 0 Å². The second-order valence-electron chi connectivity index (χ2n) is 4.60. The zero-order chi connectivity index (χ0) is 15.4. The highest BCUT2D eigenvalue weighted by Crippen LogP contribution is 2.29. The summed E-state index contributed by atoms with van der Waals surface area (Å²) in [5, 5.41) is 12.8. The summed E-state index contributed by atoms with van der Waals surface area (Å²) < 4.78 is 5.99. The molecule has 0 aromatic heterocycles. The van der Waals surface area contributed by atoms with Gasteiger partial charge in [-0.05, 0) is 36.8 Å². The highest BCUT2D eigenvalue weighted by molar-refractivity contribution is 9.10. The van der Waals surface area contributed by atoms with E-state index >= 15 is 0 Å². The SMILES string of the molecule is COc1cccc(C(=O)N[C@H](C)c2ccc(Br)cc2)c1O. The van der Waals surface area contributed by atoms with Gasteiger partial charge in [-0.1, -0.05) is 34.1 Å². The predicted octanol–water partition coefficient (Wildman–Crippen LogP) is 3.65. The topological polar surface area (TPSA) is 58.6 Å². The molecule has 0 spiro atoms. The van der Waals surface area contributed by atoms with E-state index in [1.165, 1.54) is 7.11 Å². The molecule has 0 fully saturated rings. The number of methoxy groups -OCH3 is 1. The highest BCUT2D eigenvalue weighted by Gasteiger charge is 2.17. The van der Waals surface area contributed by atoms with Crippen molar-refractivity contribution in [3.05, 3.63) is 58.1 Å². The lowest BCUT2D eigenvalue weighted by Gasteiger charge is -2.15. The quantitative estimate of drug-likeness (QED) is 0.885. The van der Waals surface area contributed by atoms with E-state index in [4.69, 9.17) is 4.74 Å². The van der Waals surface area contributed by atoms with Gasteiger partial charge in [-0.15, -0.1) is 0 Å². The van der Waals surface area contributed by atoms with Crippen LogP contribution in [0.15, 0.2) is 46.9 Å². The number of benzene rings is 2. The van der Waals surface area contributed by atoms with Crippen LogP contribution in [0, 0.1) is 0 Å². The Morgan fingerprint density at radius 3 is 2.52 bits per heavy atom. The molecule has 1 atom stereocenters. The first-order chi connectivity index (χ1) is 10.0. The van der Waals surface area contributed by atoms with Crippen LogP contribution in [0.3, 0.4) is 0 Å². The number of amides is 1. The van der Waals surface area contributed by atoms with Crippen LogP contribution in [0.1, 0.15) is 28.9 Å². The minimum Gasteiger partial charge on any atom is -0.504 e. The number of ether oxygens (including phenoxy) is 1. The maximum atomic E-state index is 12.2. The average Bonchev–Trinajstić information content (AvgIpc) is 2.48. The van der Waals surface area contributed by atoms with Crippen LogP contribution in [-0.2, 0) is 0 Å². The first-order valence-electron chi connectivity index (χ1n) is 6.45. The number of rotatable bonds is 4. The van der Waals surface area contributed by atoms with E-state index in [1.54, 1.807) is 18.2 Å². The van der Waals surface area contributed by atoms with Gasteiger partial charge in [-0.2, -0.15) is 0 Å². The number of hydrogen-bond donors (Lipinski definition) is 2. The number of aromatic hydroxyl groups is 1. The van der Waals surface area contributed by atoms with E-state index in [2.05, 4.69) is 21.2 Å². The van der Waals surface area contributed by atoms with E-state index in [1.807, 2.05) is 31.2 Å². The Labute approximate surface area is 131 Å². The van der Waals surface area contributed by atoms with Crippen LogP contribution >= 0.6 is 15.9 Å². The average molecular weight is 350 g/mol. The van der Waals surface area contributed by atoms with Crippen LogP contribution in [0.2, 0.25) is 0 Å². The summed E-state index contributed by atoms with van der Waals surface area (Å²) in [6.07, 6.45) is 0. The summed E-state index contributed by atoms with van der Waals surface area (Å²) >= 11 is 3.37. The molecule has 0 radical (unpaired) electrons. The molecule has 5 heteroatoms. The Balaban J connectivity index is 2.16. The van der Waals surface area contributed by atoms with Crippen molar-refractivity contribution >= 4 is 21.8 Å². The minimum atomic E-state index is -0.346. The maximum Gasteiger partial charge on any atom is 0.255 e. The first-order valence-corrected chi connectivity index (χ1v) is 7.24. The van der Waals surface area contributed by atoms with Crippen LogP contribution in [0.4, 0.5) is 0 Å². The molecule has 2 aromatic carbocycles. The number of carbonyl (C=O) groups excluding carboxylic acids is 1. The summed E-state index contributed by atoms with van der Waals surface area (Å²) in [7, 11) is 1.45. The predicted molar refractivity (Wildman–Crippen MR) is 84.7 cm³/mol. The van der Waals surface area contributed by atoms with Gasteiger partial charge < -0.3 is 15.2 Å². The monoisotopic (exact) mass is 349 g/mol. The zero-order valence-corrected chi connectivity index (χ0v) is 13.3. The number of para-hydroxylation sites is 1.